The van der Waals surface area contributed by atoms with Crippen molar-refractivity contribution in [1.82, 2.24) is 9.97 Å². The van der Waals surface area contributed by atoms with Gasteiger partial charge in [0.1, 0.15) is 41.1 Å². The molecule has 4 N–H and O–H groups in total. The summed E-state index contributed by atoms with van der Waals surface area (Å²) >= 11 is 1.11. The van der Waals surface area contributed by atoms with Gasteiger partial charge < -0.3 is 29.8 Å². The zero-order valence-corrected chi connectivity index (χ0v) is 22.0. The summed E-state index contributed by atoms with van der Waals surface area (Å²) in [5.41, 5.74) is 8.07. The van der Waals surface area contributed by atoms with E-state index in [2.05, 4.69) is 20.9 Å². The van der Waals surface area contributed by atoms with Crippen LogP contribution in [-0.2, 0) is 10.5 Å². The van der Waals surface area contributed by atoms with Gasteiger partial charge in [0.25, 0.3) is 0 Å². The van der Waals surface area contributed by atoms with Crippen molar-refractivity contribution in [2.75, 3.05) is 26.1 Å². The number of aliphatic hydroxyl groups is 2. The Hall–Kier alpha value is -4.88. The van der Waals surface area contributed by atoms with E-state index in [9.17, 15) is 15.2 Å². The molecule has 0 fully saturated rings. The van der Waals surface area contributed by atoms with Gasteiger partial charge >= 0.3 is 5.97 Å². The standard InChI is InChI=1S/C28H23N5O6S/c1-31-23-22(16-8-10-19(11-9-16)38-14-18(35)13-34)20(12-29)27(33-25(23)30)40-15-21-24(28(36)37-2)39-26(32-21)17-6-4-3-5-7-17/h3-11,18,34-35H,13-15H2,2H3,(H2,30,33)/t18-/m1/s1. The van der Waals surface area contributed by atoms with Crippen LogP contribution in [0, 0.1) is 17.9 Å². The van der Waals surface area contributed by atoms with Gasteiger partial charge in [-0.15, -0.1) is 0 Å². The van der Waals surface area contributed by atoms with Gasteiger partial charge in [-0.2, -0.15) is 5.26 Å². The Labute approximate surface area is 233 Å². The monoisotopic (exact) mass is 557 g/mol. The van der Waals surface area contributed by atoms with Gasteiger partial charge in [0, 0.05) is 16.9 Å². The molecule has 0 saturated heterocycles. The molecule has 0 aliphatic heterocycles. The third-order valence-corrected chi connectivity index (χ3v) is 6.61. The molecule has 12 heteroatoms. The predicted octanol–water partition coefficient (Wildman–Crippen LogP) is 4.22. The average molecular weight is 558 g/mol. The summed E-state index contributed by atoms with van der Waals surface area (Å²) in [6.45, 7) is 7.12. The summed E-state index contributed by atoms with van der Waals surface area (Å²) in [5.74, 6) is -0.0695. The highest BCUT2D eigenvalue weighted by Crippen LogP contribution is 2.42. The second-order valence-corrected chi connectivity index (χ2v) is 9.20. The van der Waals surface area contributed by atoms with Crippen LogP contribution in [0.15, 0.2) is 64.0 Å². The summed E-state index contributed by atoms with van der Waals surface area (Å²) in [6, 6.07) is 17.7. The van der Waals surface area contributed by atoms with Gasteiger partial charge in [-0.3, -0.25) is 0 Å². The highest BCUT2D eigenvalue weighted by molar-refractivity contribution is 7.98. The highest BCUT2D eigenvalue weighted by Gasteiger charge is 2.25. The number of carbonyl (C=O) groups is 1. The number of carbonyl (C=O) groups excluding carboxylic acids is 1. The summed E-state index contributed by atoms with van der Waals surface area (Å²) in [6.07, 6.45) is -1.02. The number of aliphatic hydroxyl groups excluding tert-OH is 2. The molecule has 40 heavy (non-hydrogen) atoms. The predicted molar refractivity (Wildman–Crippen MR) is 146 cm³/mol. The molecule has 4 rings (SSSR count). The maximum absolute atomic E-state index is 12.4. The lowest BCUT2D eigenvalue weighted by Gasteiger charge is -2.14. The Bertz CT molecular complexity index is 1590. The molecule has 0 aliphatic carbocycles. The van der Waals surface area contributed by atoms with Crippen molar-refractivity contribution in [3.63, 3.8) is 0 Å². The van der Waals surface area contributed by atoms with E-state index in [0.717, 1.165) is 11.8 Å². The second-order valence-electron chi connectivity index (χ2n) is 8.24. The van der Waals surface area contributed by atoms with Crippen LogP contribution in [0.25, 0.3) is 27.4 Å². The number of benzene rings is 2. The van der Waals surface area contributed by atoms with Crippen molar-refractivity contribution in [2.45, 2.75) is 16.9 Å². The van der Waals surface area contributed by atoms with Crippen LogP contribution in [0.1, 0.15) is 21.8 Å². The summed E-state index contributed by atoms with van der Waals surface area (Å²) in [5, 5.41) is 28.8. The van der Waals surface area contributed by atoms with E-state index < -0.39 is 18.7 Å². The van der Waals surface area contributed by atoms with Crippen molar-refractivity contribution < 1.29 is 28.9 Å². The topological polar surface area (TPSA) is 169 Å². The zero-order valence-electron chi connectivity index (χ0n) is 21.2. The number of oxazole rings is 1. The van der Waals surface area contributed by atoms with E-state index in [1.807, 2.05) is 18.2 Å². The Morgan fingerprint density at radius 3 is 2.55 bits per heavy atom. The minimum Gasteiger partial charge on any atom is -0.491 e. The minimum atomic E-state index is -1.02. The fourth-order valence-corrected chi connectivity index (χ4v) is 4.60. The molecule has 2 aromatic carbocycles. The Balaban J connectivity index is 1.69. The Morgan fingerprint density at radius 2 is 1.93 bits per heavy atom. The zero-order chi connectivity index (χ0) is 28.6. The lowest BCUT2D eigenvalue weighted by Crippen LogP contribution is -2.21. The maximum Gasteiger partial charge on any atom is 0.376 e. The van der Waals surface area contributed by atoms with Gasteiger partial charge in [-0.05, 0) is 29.8 Å². The van der Waals surface area contributed by atoms with E-state index in [1.165, 1.54) is 7.11 Å². The fraction of sp³-hybridized carbons (Fsp3) is 0.179. The number of anilines is 1. The molecule has 2 aromatic heterocycles. The first kappa shape index (κ1) is 28.1. The van der Waals surface area contributed by atoms with Crippen LogP contribution in [0.2, 0.25) is 0 Å². The van der Waals surface area contributed by atoms with Crippen LogP contribution in [0.5, 0.6) is 5.75 Å². The van der Waals surface area contributed by atoms with Crippen LogP contribution in [0.3, 0.4) is 0 Å². The van der Waals surface area contributed by atoms with Crippen molar-refractivity contribution in [3.8, 4) is 34.4 Å². The molecule has 0 unspecified atom stereocenters. The number of nitrogens with zero attached hydrogens (tertiary/aromatic N) is 4. The molecule has 0 radical (unpaired) electrons. The number of esters is 1. The van der Waals surface area contributed by atoms with Crippen LogP contribution in [0.4, 0.5) is 11.5 Å². The molecule has 202 valence electrons. The molecule has 0 amide bonds. The normalized spacial score (nSPS) is 11.3. The average Bonchev–Trinajstić information content (AvgIpc) is 3.43. The molecule has 0 bridgehead atoms. The van der Waals surface area contributed by atoms with E-state index in [4.69, 9.17) is 31.3 Å². The van der Waals surface area contributed by atoms with Gasteiger partial charge in [0.2, 0.25) is 17.3 Å². The van der Waals surface area contributed by atoms with E-state index in [0.29, 0.717) is 28.1 Å². The summed E-state index contributed by atoms with van der Waals surface area (Å²) in [7, 11) is 1.24. The van der Waals surface area contributed by atoms with E-state index in [1.54, 1.807) is 36.4 Å². The smallest absolute Gasteiger partial charge is 0.376 e. The lowest BCUT2D eigenvalue weighted by molar-refractivity contribution is 0.0536. The number of nitrogen functional groups attached to an aromatic ring is 1. The SMILES string of the molecule is [C-]#[N+]c1c(N)nc(SCc2nc(-c3ccccc3)oc2C(=O)OC)c(C#N)c1-c1ccc(OC[C@H](O)CO)cc1. The molecule has 0 saturated carbocycles. The number of rotatable bonds is 10. The molecular weight excluding hydrogens is 534 g/mol. The first-order chi connectivity index (χ1) is 19.4. The molecule has 11 nitrogen and oxygen atoms in total. The minimum absolute atomic E-state index is 0.0216. The van der Waals surface area contributed by atoms with Crippen molar-refractivity contribution >= 4 is 29.2 Å². The largest absolute Gasteiger partial charge is 0.491 e. The number of methoxy groups -OCH3 is 1. The van der Waals surface area contributed by atoms with Gasteiger partial charge in [0.05, 0.1) is 25.9 Å². The van der Waals surface area contributed by atoms with Gasteiger partial charge in [-0.25, -0.2) is 19.6 Å². The second kappa shape index (κ2) is 12.8. The molecule has 4 aromatic rings. The summed E-state index contributed by atoms with van der Waals surface area (Å²) in [4.78, 5) is 24.7. The number of aromatic nitrogens is 2. The fourth-order valence-electron chi connectivity index (χ4n) is 3.68. The number of hydrogen-bond acceptors (Lipinski definition) is 11. The van der Waals surface area contributed by atoms with Gasteiger partial charge in [0.15, 0.2) is 0 Å². The van der Waals surface area contributed by atoms with Crippen LogP contribution >= 0.6 is 11.8 Å². The number of thioether (sulfide) groups is 1. The van der Waals surface area contributed by atoms with Crippen molar-refractivity contribution in [1.29, 1.82) is 5.26 Å². The van der Waals surface area contributed by atoms with E-state index in [-0.39, 0.29) is 46.1 Å². The summed E-state index contributed by atoms with van der Waals surface area (Å²) < 4.78 is 16.0. The number of nitriles is 1. The number of hydrogen-bond donors (Lipinski definition) is 3. The number of pyridine rings is 1. The number of ether oxygens (including phenoxy) is 2. The Morgan fingerprint density at radius 1 is 1.20 bits per heavy atom. The highest BCUT2D eigenvalue weighted by atomic mass is 32.2. The first-order valence-electron chi connectivity index (χ1n) is 11.8. The third-order valence-electron chi connectivity index (χ3n) is 5.62. The molecule has 0 spiro atoms. The third kappa shape index (κ3) is 6.06. The molecule has 1 atom stereocenters. The number of nitrogens with two attached hydrogens (primary N) is 1. The Kier molecular flexibility index (Phi) is 8.99. The first-order valence-corrected chi connectivity index (χ1v) is 12.8. The quantitative estimate of drug-likeness (QED) is 0.145. The molecule has 2 heterocycles. The lowest BCUT2D eigenvalue weighted by atomic mass is 10.00. The van der Waals surface area contributed by atoms with Crippen molar-refractivity contribution in [3.05, 3.63) is 83.0 Å². The van der Waals surface area contributed by atoms with Gasteiger partial charge in [-0.1, -0.05) is 42.1 Å². The van der Waals surface area contributed by atoms with Crippen LogP contribution < -0.4 is 10.5 Å². The molecular formula is C28H23N5O6S. The maximum atomic E-state index is 12.4. The molecule has 0 aliphatic rings. The van der Waals surface area contributed by atoms with Crippen LogP contribution in [-0.4, -0.2) is 52.6 Å². The van der Waals surface area contributed by atoms with Crippen molar-refractivity contribution in [2.24, 2.45) is 0 Å². The van der Waals surface area contributed by atoms with E-state index >= 15 is 0 Å².